The number of carbonyl (C=O) groups is 3. The molecule has 0 aliphatic heterocycles. The smallest absolute Gasteiger partial charge is 0.462 e. The van der Waals surface area contributed by atoms with Crippen LogP contribution >= 0.6 is 7.82 Å². The first-order chi connectivity index (χ1) is 33.2. The van der Waals surface area contributed by atoms with Crippen LogP contribution in [-0.4, -0.2) is 66.5 Å². The quantitative estimate of drug-likeness (QED) is 0.0197. The van der Waals surface area contributed by atoms with E-state index in [2.05, 4.69) is 69.4 Å². The second-order valence-electron chi connectivity index (χ2n) is 18.4. The SMILES string of the molecule is CC/C=C\C/C=C\C/C=C\CCCCCCCCCC(=O)OC(COC(=O)CCCCCCCCCCCCC)COP(=O)(O)OCC(CO)OC(=O)CCCCCCC/C=C\CCCCCC. The number of rotatable bonds is 51. The average molecular weight is 981 g/mol. The lowest BCUT2D eigenvalue weighted by molar-refractivity contribution is -0.161. The predicted octanol–water partition coefficient (Wildman–Crippen LogP) is 15.8. The van der Waals surface area contributed by atoms with Gasteiger partial charge in [-0.2, -0.15) is 0 Å². The van der Waals surface area contributed by atoms with E-state index in [9.17, 15) is 28.9 Å². The molecule has 3 unspecified atom stereocenters. The first-order valence-electron chi connectivity index (χ1n) is 27.5. The highest BCUT2D eigenvalue weighted by Crippen LogP contribution is 2.43. The number of hydrogen-bond donors (Lipinski definition) is 2. The Morgan fingerprint density at radius 2 is 0.765 bits per heavy atom. The van der Waals surface area contributed by atoms with Crippen molar-refractivity contribution in [2.75, 3.05) is 26.4 Å². The second-order valence-corrected chi connectivity index (χ2v) is 19.8. The third kappa shape index (κ3) is 48.5. The molecule has 396 valence electrons. The van der Waals surface area contributed by atoms with Crippen LogP contribution < -0.4 is 0 Å². The summed E-state index contributed by atoms with van der Waals surface area (Å²) in [6, 6.07) is 0. The van der Waals surface area contributed by atoms with Crippen LogP contribution in [0.15, 0.2) is 48.6 Å². The van der Waals surface area contributed by atoms with Crippen molar-refractivity contribution in [3.8, 4) is 0 Å². The molecule has 0 aromatic carbocycles. The van der Waals surface area contributed by atoms with E-state index in [1.165, 1.54) is 83.5 Å². The molecule has 2 N–H and O–H groups in total. The van der Waals surface area contributed by atoms with Gasteiger partial charge in [-0.1, -0.05) is 204 Å². The average Bonchev–Trinajstić information content (AvgIpc) is 3.32. The summed E-state index contributed by atoms with van der Waals surface area (Å²) in [5.74, 6) is -1.47. The molecular formula is C56H101O11P. The molecule has 0 spiro atoms. The number of aliphatic hydroxyl groups is 1. The Balaban J connectivity index is 4.72. The number of aliphatic hydroxyl groups excluding tert-OH is 1. The summed E-state index contributed by atoms with van der Waals surface area (Å²) in [5.41, 5.74) is 0. The van der Waals surface area contributed by atoms with Crippen LogP contribution in [0.3, 0.4) is 0 Å². The number of ether oxygens (including phenoxy) is 3. The second kappa shape index (κ2) is 50.8. The Morgan fingerprint density at radius 3 is 1.21 bits per heavy atom. The maximum absolute atomic E-state index is 12.9. The lowest BCUT2D eigenvalue weighted by atomic mass is 10.1. The Hall–Kier alpha value is -2.56. The fourth-order valence-electron chi connectivity index (χ4n) is 7.54. The van der Waals surface area contributed by atoms with Crippen LogP contribution in [0.5, 0.6) is 0 Å². The molecule has 0 rings (SSSR count). The molecule has 0 bridgehead atoms. The van der Waals surface area contributed by atoms with Crippen molar-refractivity contribution in [2.45, 2.75) is 264 Å². The first kappa shape index (κ1) is 65.4. The van der Waals surface area contributed by atoms with E-state index in [1.54, 1.807) is 0 Å². The zero-order valence-electron chi connectivity index (χ0n) is 43.6. The largest absolute Gasteiger partial charge is 0.472 e. The molecule has 0 aliphatic carbocycles. The fraction of sp³-hybridized carbons (Fsp3) is 0.804. The lowest BCUT2D eigenvalue weighted by Gasteiger charge is -2.21. The summed E-state index contributed by atoms with van der Waals surface area (Å²) < 4.78 is 39.4. The van der Waals surface area contributed by atoms with Crippen molar-refractivity contribution in [2.24, 2.45) is 0 Å². The predicted molar refractivity (Wildman–Crippen MR) is 279 cm³/mol. The molecule has 0 saturated heterocycles. The fourth-order valence-corrected chi connectivity index (χ4v) is 8.33. The van der Waals surface area contributed by atoms with Gasteiger partial charge in [0.1, 0.15) is 12.7 Å². The highest BCUT2D eigenvalue weighted by atomic mass is 31.2. The van der Waals surface area contributed by atoms with E-state index in [1.807, 2.05) is 0 Å². The topological polar surface area (TPSA) is 155 Å². The van der Waals surface area contributed by atoms with Crippen molar-refractivity contribution in [3.05, 3.63) is 48.6 Å². The normalized spacial score (nSPS) is 13.8. The lowest BCUT2D eigenvalue weighted by Crippen LogP contribution is -2.30. The molecule has 0 fully saturated rings. The summed E-state index contributed by atoms with van der Waals surface area (Å²) in [7, 11) is -4.74. The molecule has 0 amide bonds. The monoisotopic (exact) mass is 981 g/mol. The Morgan fingerprint density at radius 1 is 0.426 bits per heavy atom. The third-order valence-electron chi connectivity index (χ3n) is 11.7. The molecule has 0 saturated carbocycles. The van der Waals surface area contributed by atoms with Crippen LogP contribution in [0.4, 0.5) is 0 Å². The highest BCUT2D eigenvalue weighted by Gasteiger charge is 2.28. The van der Waals surface area contributed by atoms with Crippen molar-refractivity contribution >= 4 is 25.7 Å². The van der Waals surface area contributed by atoms with Gasteiger partial charge in [0.05, 0.1) is 19.8 Å². The summed E-state index contributed by atoms with van der Waals surface area (Å²) in [5, 5.41) is 9.78. The number of allylic oxidation sites excluding steroid dienone is 8. The molecule has 0 aromatic rings. The number of esters is 3. The summed E-state index contributed by atoms with van der Waals surface area (Å²) >= 11 is 0. The highest BCUT2D eigenvalue weighted by molar-refractivity contribution is 7.47. The van der Waals surface area contributed by atoms with Gasteiger partial charge in [-0.15, -0.1) is 0 Å². The standard InChI is InChI=1S/C56H101O11P/c1-4-7-10-13-16-19-22-24-25-26-27-29-32-35-38-41-44-47-56(60)67-53(49-63-54(58)45-42-39-36-33-30-21-18-15-12-9-6-3)51-65-68(61,62)64-50-52(48-57)66-55(59)46-43-40-37-34-31-28-23-20-17-14-11-8-5-2/h7,10,16,19-20,23-25,52-53,57H,4-6,8-9,11-15,17-18,21-22,26-51H2,1-3H3,(H,61,62)/b10-7-,19-16-,23-20-,25-24-. The number of unbranched alkanes of at least 4 members (excludes halogenated alkanes) is 26. The van der Waals surface area contributed by atoms with E-state index in [0.717, 1.165) is 109 Å². The van der Waals surface area contributed by atoms with Crippen LogP contribution in [-0.2, 0) is 42.2 Å². The Kier molecular flexibility index (Phi) is 48.9. The van der Waals surface area contributed by atoms with Gasteiger partial charge in [0.2, 0.25) is 0 Å². The zero-order chi connectivity index (χ0) is 49.9. The van der Waals surface area contributed by atoms with E-state index in [0.29, 0.717) is 19.3 Å². The number of carbonyl (C=O) groups excluding carboxylic acids is 3. The maximum Gasteiger partial charge on any atom is 0.472 e. The van der Waals surface area contributed by atoms with Crippen LogP contribution in [0.25, 0.3) is 0 Å². The van der Waals surface area contributed by atoms with E-state index < -0.39 is 57.8 Å². The van der Waals surface area contributed by atoms with Crippen molar-refractivity contribution in [3.63, 3.8) is 0 Å². The van der Waals surface area contributed by atoms with Gasteiger partial charge >= 0.3 is 25.7 Å². The summed E-state index contributed by atoms with van der Waals surface area (Å²) in [6.45, 7) is 4.50. The minimum atomic E-state index is -4.74. The molecule has 11 nitrogen and oxygen atoms in total. The van der Waals surface area contributed by atoms with Crippen LogP contribution in [0, 0.1) is 0 Å². The molecular weight excluding hydrogens is 880 g/mol. The van der Waals surface area contributed by atoms with Crippen molar-refractivity contribution in [1.29, 1.82) is 0 Å². The zero-order valence-corrected chi connectivity index (χ0v) is 44.5. The van der Waals surface area contributed by atoms with Crippen LogP contribution in [0.1, 0.15) is 252 Å². The molecule has 0 aromatic heterocycles. The van der Waals surface area contributed by atoms with Crippen molar-refractivity contribution in [1.82, 2.24) is 0 Å². The molecule has 3 atom stereocenters. The maximum atomic E-state index is 12.9. The first-order valence-corrected chi connectivity index (χ1v) is 29.0. The number of phosphoric acid groups is 1. The molecule has 0 aliphatic rings. The van der Waals surface area contributed by atoms with Gasteiger partial charge in [0, 0.05) is 19.3 Å². The van der Waals surface area contributed by atoms with E-state index in [-0.39, 0.29) is 25.9 Å². The molecule has 0 radical (unpaired) electrons. The van der Waals surface area contributed by atoms with E-state index in [4.69, 9.17) is 23.3 Å². The van der Waals surface area contributed by atoms with Crippen molar-refractivity contribution < 1.29 is 52.2 Å². The molecule has 0 heterocycles. The molecule has 68 heavy (non-hydrogen) atoms. The van der Waals surface area contributed by atoms with Gasteiger partial charge in [-0.25, -0.2) is 4.57 Å². The van der Waals surface area contributed by atoms with E-state index >= 15 is 0 Å². The minimum absolute atomic E-state index is 0.158. The molecule has 12 heteroatoms. The van der Waals surface area contributed by atoms with Gasteiger partial charge in [0.15, 0.2) is 6.10 Å². The van der Waals surface area contributed by atoms with Gasteiger partial charge in [-0.05, 0) is 77.0 Å². The summed E-state index contributed by atoms with van der Waals surface area (Å²) in [6.07, 6.45) is 52.1. The third-order valence-corrected chi connectivity index (χ3v) is 12.7. The van der Waals surface area contributed by atoms with Gasteiger partial charge in [-0.3, -0.25) is 23.4 Å². The number of phosphoric ester groups is 1. The van der Waals surface area contributed by atoms with Crippen LogP contribution in [0.2, 0.25) is 0 Å². The van der Waals surface area contributed by atoms with Gasteiger partial charge in [0.25, 0.3) is 0 Å². The van der Waals surface area contributed by atoms with Gasteiger partial charge < -0.3 is 24.2 Å². The Labute approximate surface area is 415 Å². The minimum Gasteiger partial charge on any atom is -0.462 e. The summed E-state index contributed by atoms with van der Waals surface area (Å²) in [4.78, 5) is 48.4. The number of hydrogen-bond acceptors (Lipinski definition) is 10. The Bertz CT molecular complexity index is 1330.